The fourth-order valence-corrected chi connectivity index (χ4v) is 3.87. The lowest BCUT2D eigenvalue weighted by Gasteiger charge is -2.35. The van der Waals surface area contributed by atoms with Crippen molar-refractivity contribution in [2.45, 2.75) is 30.0 Å². The molecule has 1 aliphatic carbocycles. The lowest BCUT2D eigenvalue weighted by Crippen LogP contribution is -2.44. The average molecular weight is 329 g/mol. The zero-order valence-electron chi connectivity index (χ0n) is 11.7. The molecule has 0 spiro atoms. The summed E-state index contributed by atoms with van der Waals surface area (Å²) in [4.78, 5) is 12.9. The smallest absolute Gasteiger partial charge is 0.181 e. The van der Waals surface area contributed by atoms with Crippen LogP contribution in [0.2, 0.25) is 0 Å². The van der Waals surface area contributed by atoms with Crippen LogP contribution in [-0.4, -0.2) is 10.1 Å². The van der Waals surface area contributed by atoms with Crippen LogP contribution in [0.4, 0.5) is 0 Å². The van der Waals surface area contributed by atoms with Crippen molar-refractivity contribution < 1.29 is 4.79 Å². The van der Waals surface area contributed by atoms with Gasteiger partial charge in [-0.3, -0.25) is 4.79 Å². The predicted octanol–water partition coefficient (Wildman–Crippen LogP) is 4.54. The zero-order chi connectivity index (χ0) is 14.4. The number of alkyl halides is 1. The standard InChI is InChI=1S/C18H17BrO/c1-17(2)15-11-7-6-10-14(15)16(20)18(17,19)12-13-8-4-3-5-9-13/h3-11H,12H2,1-2H3. The summed E-state index contributed by atoms with van der Waals surface area (Å²) >= 11 is 3.80. The van der Waals surface area contributed by atoms with Crippen molar-refractivity contribution >= 4 is 21.7 Å². The molecule has 0 saturated heterocycles. The Hall–Kier alpha value is -1.41. The highest BCUT2D eigenvalue weighted by Crippen LogP contribution is 2.52. The topological polar surface area (TPSA) is 17.1 Å². The molecule has 0 aromatic heterocycles. The summed E-state index contributed by atoms with van der Waals surface area (Å²) in [5.41, 5.74) is 2.94. The van der Waals surface area contributed by atoms with Gasteiger partial charge in [0.15, 0.2) is 5.78 Å². The minimum Gasteiger partial charge on any atom is -0.293 e. The number of ketones is 1. The number of carbonyl (C=O) groups excluding carboxylic acids is 1. The van der Waals surface area contributed by atoms with Gasteiger partial charge in [-0.2, -0.15) is 0 Å². The number of hydrogen-bond acceptors (Lipinski definition) is 1. The van der Waals surface area contributed by atoms with Gasteiger partial charge in [0.2, 0.25) is 0 Å². The Labute approximate surface area is 128 Å². The monoisotopic (exact) mass is 328 g/mol. The van der Waals surface area contributed by atoms with E-state index in [0.717, 1.165) is 11.1 Å². The molecule has 20 heavy (non-hydrogen) atoms. The normalized spacial score (nSPS) is 23.6. The number of fused-ring (bicyclic) bond motifs is 1. The van der Waals surface area contributed by atoms with Crippen LogP contribution >= 0.6 is 15.9 Å². The number of halogens is 1. The van der Waals surface area contributed by atoms with E-state index in [-0.39, 0.29) is 11.2 Å². The van der Waals surface area contributed by atoms with E-state index in [0.29, 0.717) is 6.42 Å². The quantitative estimate of drug-likeness (QED) is 0.740. The van der Waals surface area contributed by atoms with E-state index in [1.165, 1.54) is 5.56 Å². The lowest BCUT2D eigenvalue weighted by molar-refractivity contribution is 0.0933. The van der Waals surface area contributed by atoms with Crippen LogP contribution in [0.5, 0.6) is 0 Å². The molecule has 0 amide bonds. The van der Waals surface area contributed by atoms with Crippen molar-refractivity contribution in [3.8, 4) is 0 Å². The molecule has 0 radical (unpaired) electrons. The first-order valence-corrected chi connectivity index (χ1v) is 7.63. The van der Waals surface area contributed by atoms with Gasteiger partial charge in [0.25, 0.3) is 0 Å². The van der Waals surface area contributed by atoms with Crippen LogP contribution in [0.25, 0.3) is 0 Å². The van der Waals surface area contributed by atoms with E-state index in [9.17, 15) is 4.79 Å². The van der Waals surface area contributed by atoms with Crippen LogP contribution in [-0.2, 0) is 11.8 Å². The van der Waals surface area contributed by atoms with Crippen molar-refractivity contribution in [1.29, 1.82) is 0 Å². The molecule has 1 unspecified atom stereocenters. The third-order valence-corrected chi connectivity index (χ3v) is 6.12. The summed E-state index contributed by atoms with van der Waals surface area (Å²) in [5.74, 6) is 0.196. The molecule has 0 saturated carbocycles. The van der Waals surface area contributed by atoms with Crippen molar-refractivity contribution in [3.05, 3.63) is 71.3 Å². The van der Waals surface area contributed by atoms with E-state index in [4.69, 9.17) is 0 Å². The minimum absolute atomic E-state index is 0.196. The molecule has 1 aliphatic rings. The Morgan fingerprint density at radius 1 is 0.950 bits per heavy atom. The van der Waals surface area contributed by atoms with Gasteiger partial charge in [0.1, 0.15) is 4.32 Å². The summed E-state index contributed by atoms with van der Waals surface area (Å²) in [7, 11) is 0. The highest BCUT2D eigenvalue weighted by molar-refractivity contribution is 9.10. The van der Waals surface area contributed by atoms with Crippen LogP contribution in [0, 0.1) is 0 Å². The van der Waals surface area contributed by atoms with Gasteiger partial charge >= 0.3 is 0 Å². The van der Waals surface area contributed by atoms with E-state index in [1.54, 1.807) is 0 Å². The first-order chi connectivity index (χ1) is 9.47. The van der Waals surface area contributed by atoms with Gasteiger partial charge in [0.05, 0.1) is 0 Å². The SMILES string of the molecule is CC1(C)c2ccccc2C(=O)C1(Br)Cc1ccccc1. The molecule has 0 fully saturated rings. The molecule has 0 heterocycles. The second-order valence-corrected chi connectivity index (χ2v) is 7.32. The molecule has 0 N–H and O–H groups in total. The van der Waals surface area contributed by atoms with Gasteiger partial charge in [-0.1, -0.05) is 84.4 Å². The maximum atomic E-state index is 12.9. The van der Waals surface area contributed by atoms with Crippen molar-refractivity contribution in [3.63, 3.8) is 0 Å². The highest BCUT2D eigenvalue weighted by atomic mass is 79.9. The Morgan fingerprint density at radius 2 is 1.55 bits per heavy atom. The molecule has 2 aromatic rings. The molecule has 0 bridgehead atoms. The first-order valence-electron chi connectivity index (χ1n) is 6.84. The summed E-state index contributed by atoms with van der Waals surface area (Å²) in [5, 5.41) is 0. The van der Waals surface area contributed by atoms with Gasteiger partial charge in [0, 0.05) is 11.0 Å². The molecular weight excluding hydrogens is 312 g/mol. The van der Waals surface area contributed by atoms with Gasteiger partial charge in [-0.15, -0.1) is 0 Å². The largest absolute Gasteiger partial charge is 0.293 e. The Morgan fingerprint density at radius 3 is 2.20 bits per heavy atom. The molecule has 1 atom stereocenters. The first kappa shape index (κ1) is 13.6. The third-order valence-electron chi connectivity index (χ3n) is 4.49. The summed E-state index contributed by atoms with van der Waals surface area (Å²) in [6.07, 6.45) is 0.703. The third kappa shape index (κ3) is 1.78. The Bertz CT molecular complexity index is 660. The van der Waals surface area contributed by atoms with Crippen LogP contribution in [0.3, 0.4) is 0 Å². The molecule has 2 heteroatoms. The number of rotatable bonds is 2. The van der Waals surface area contributed by atoms with Crippen LogP contribution < -0.4 is 0 Å². The van der Waals surface area contributed by atoms with Gasteiger partial charge in [-0.05, 0) is 17.5 Å². The van der Waals surface area contributed by atoms with Crippen LogP contribution in [0.1, 0.15) is 35.3 Å². The minimum atomic E-state index is -0.564. The van der Waals surface area contributed by atoms with Gasteiger partial charge < -0.3 is 0 Å². The molecular formula is C18H17BrO. The predicted molar refractivity (Wildman–Crippen MR) is 85.6 cm³/mol. The summed E-state index contributed by atoms with van der Waals surface area (Å²) in [6.45, 7) is 4.29. The zero-order valence-corrected chi connectivity index (χ0v) is 13.3. The number of Topliss-reactive ketones (excluding diaryl/α,β-unsaturated/α-hetero) is 1. The van der Waals surface area contributed by atoms with E-state index in [2.05, 4.69) is 48.0 Å². The maximum absolute atomic E-state index is 12.9. The molecule has 0 aliphatic heterocycles. The number of hydrogen-bond donors (Lipinski definition) is 0. The number of carbonyl (C=O) groups is 1. The fraction of sp³-hybridized carbons (Fsp3) is 0.278. The molecule has 3 rings (SSSR count). The fourth-order valence-electron chi connectivity index (χ4n) is 3.12. The van der Waals surface area contributed by atoms with E-state index < -0.39 is 4.32 Å². The van der Waals surface area contributed by atoms with Crippen molar-refractivity contribution in [2.24, 2.45) is 0 Å². The second kappa shape index (κ2) is 4.56. The molecule has 2 aromatic carbocycles. The summed E-state index contributed by atoms with van der Waals surface area (Å²) < 4.78 is -0.564. The Balaban J connectivity index is 2.09. The second-order valence-electron chi connectivity index (χ2n) is 5.96. The lowest BCUT2D eigenvalue weighted by atomic mass is 9.75. The number of benzene rings is 2. The summed E-state index contributed by atoms with van der Waals surface area (Å²) in [6, 6.07) is 18.2. The van der Waals surface area contributed by atoms with Crippen molar-refractivity contribution in [2.75, 3.05) is 0 Å². The maximum Gasteiger partial charge on any atom is 0.181 e. The van der Waals surface area contributed by atoms with Gasteiger partial charge in [-0.25, -0.2) is 0 Å². The highest BCUT2D eigenvalue weighted by Gasteiger charge is 2.56. The Kier molecular flexibility index (Phi) is 3.09. The van der Waals surface area contributed by atoms with Crippen molar-refractivity contribution in [1.82, 2.24) is 0 Å². The van der Waals surface area contributed by atoms with Crippen LogP contribution in [0.15, 0.2) is 54.6 Å². The average Bonchev–Trinajstić information content (AvgIpc) is 2.60. The van der Waals surface area contributed by atoms with E-state index in [1.807, 2.05) is 36.4 Å². The molecule has 1 nitrogen and oxygen atoms in total. The molecule has 102 valence electrons. The van der Waals surface area contributed by atoms with E-state index >= 15 is 0 Å².